The summed E-state index contributed by atoms with van der Waals surface area (Å²) in [5.41, 5.74) is 3.96. The topological polar surface area (TPSA) is 25.2 Å². The first-order valence-electron chi connectivity index (χ1n) is 11.1. The zero-order valence-corrected chi connectivity index (χ0v) is 19.8. The van der Waals surface area contributed by atoms with Crippen molar-refractivity contribution >= 4 is 17.5 Å². The lowest BCUT2D eigenvalue weighted by Crippen LogP contribution is -2.45. The molecule has 0 saturated heterocycles. The standard InChI is InChI=1S/C27H33ClN2O/c1-5-6-9-21-13-15-23(16-14-21)26(31)30(27(2,3)4)20-25-12-8-17-29(25)19-22-10-7-11-24(28)18-22/h7-8,10-18H,5-6,9,19-20H2,1-4H3. The van der Waals surface area contributed by atoms with Crippen molar-refractivity contribution in [2.75, 3.05) is 0 Å². The van der Waals surface area contributed by atoms with Crippen molar-refractivity contribution in [2.24, 2.45) is 0 Å². The minimum absolute atomic E-state index is 0.0602. The highest BCUT2D eigenvalue weighted by molar-refractivity contribution is 6.30. The molecule has 0 N–H and O–H groups in total. The van der Waals surface area contributed by atoms with Crippen molar-refractivity contribution in [3.8, 4) is 0 Å². The van der Waals surface area contributed by atoms with Gasteiger partial charge in [-0.3, -0.25) is 4.79 Å². The van der Waals surface area contributed by atoms with Crippen LogP contribution in [0.25, 0.3) is 0 Å². The van der Waals surface area contributed by atoms with Crippen LogP contribution in [0.1, 0.15) is 67.7 Å². The maximum Gasteiger partial charge on any atom is 0.254 e. The van der Waals surface area contributed by atoms with Crippen LogP contribution >= 0.6 is 11.6 Å². The SMILES string of the molecule is CCCCc1ccc(C(=O)N(Cc2cccn2Cc2cccc(Cl)c2)C(C)(C)C)cc1. The van der Waals surface area contributed by atoms with Gasteiger partial charge in [-0.05, 0) is 81.1 Å². The van der Waals surface area contributed by atoms with Gasteiger partial charge in [-0.15, -0.1) is 0 Å². The molecule has 1 amide bonds. The number of hydrogen-bond acceptors (Lipinski definition) is 1. The Morgan fingerprint density at radius 2 is 1.74 bits per heavy atom. The van der Waals surface area contributed by atoms with Crippen LogP contribution in [0.15, 0.2) is 66.9 Å². The number of nitrogens with zero attached hydrogens (tertiary/aromatic N) is 2. The van der Waals surface area contributed by atoms with E-state index < -0.39 is 0 Å². The summed E-state index contributed by atoms with van der Waals surface area (Å²) in [5.74, 6) is 0.0602. The molecule has 0 spiro atoms. The summed E-state index contributed by atoms with van der Waals surface area (Å²) in [7, 11) is 0. The van der Waals surface area contributed by atoms with Gasteiger partial charge in [0.2, 0.25) is 0 Å². The van der Waals surface area contributed by atoms with Crippen molar-refractivity contribution < 1.29 is 4.79 Å². The molecule has 0 aliphatic rings. The van der Waals surface area contributed by atoms with Gasteiger partial charge in [0.15, 0.2) is 0 Å². The van der Waals surface area contributed by atoms with Crippen LogP contribution in [0.3, 0.4) is 0 Å². The van der Waals surface area contributed by atoms with Gasteiger partial charge in [-0.1, -0.05) is 49.2 Å². The molecular formula is C27H33ClN2O. The molecule has 0 fully saturated rings. The zero-order valence-electron chi connectivity index (χ0n) is 19.1. The molecule has 0 aliphatic carbocycles. The Kier molecular flexibility index (Phi) is 7.61. The Morgan fingerprint density at radius 1 is 1.00 bits per heavy atom. The van der Waals surface area contributed by atoms with Crippen LogP contribution in [0, 0.1) is 0 Å². The van der Waals surface area contributed by atoms with E-state index in [0.717, 1.165) is 34.8 Å². The number of aryl methyl sites for hydroxylation is 1. The van der Waals surface area contributed by atoms with E-state index in [4.69, 9.17) is 11.6 Å². The van der Waals surface area contributed by atoms with Gasteiger partial charge < -0.3 is 9.47 Å². The van der Waals surface area contributed by atoms with Crippen LogP contribution in [0.2, 0.25) is 5.02 Å². The number of carbonyl (C=O) groups is 1. The second-order valence-electron chi connectivity index (χ2n) is 9.12. The first kappa shape index (κ1) is 23.1. The summed E-state index contributed by atoms with van der Waals surface area (Å²) in [5, 5.41) is 0.736. The smallest absolute Gasteiger partial charge is 0.254 e. The van der Waals surface area contributed by atoms with Gasteiger partial charge in [0.05, 0.1) is 6.54 Å². The molecule has 0 bridgehead atoms. The number of halogens is 1. The molecule has 164 valence electrons. The quantitative estimate of drug-likeness (QED) is 0.374. The molecule has 2 aromatic carbocycles. The molecule has 0 saturated carbocycles. The van der Waals surface area contributed by atoms with Crippen LogP contribution in [0.5, 0.6) is 0 Å². The largest absolute Gasteiger partial charge is 0.345 e. The molecule has 0 aliphatic heterocycles. The van der Waals surface area contributed by atoms with E-state index in [1.807, 2.05) is 41.3 Å². The molecule has 0 radical (unpaired) electrons. The Morgan fingerprint density at radius 3 is 2.39 bits per heavy atom. The lowest BCUT2D eigenvalue weighted by Gasteiger charge is -2.36. The molecule has 31 heavy (non-hydrogen) atoms. The fraction of sp³-hybridized carbons (Fsp3) is 0.370. The summed E-state index contributed by atoms with van der Waals surface area (Å²) < 4.78 is 2.19. The van der Waals surface area contributed by atoms with Crippen molar-refractivity contribution in [1.82, 2.24) is 9.47 Å². The molecule has 1 heterocycles. The predicted molar refractivity (Wildman–Crippen MR) is 130 cm³/mol. The second kappa shape index (κ2) is 10.2. The predicted octanol–water partition coefficient (Wildman–Crippen LogP) is 6.97. The Labute approximate surface area is 191 Å². The molecule has 3 nitrogen and oxygen atoms in total. The third kappa shape index (κ3) is 6.24. The van der Waals surface area contributed by atoms with Crippen LogP contribution in [-0.2, 0) is 19.5 Å². The maximum absolute atomic E-state index is 13.5. The Hall–Kier alpha value is -2.52. The number of carbonyl (C=O) groups excluding carboxylic acids is 1. The number of aromatic nitrogens is 1. The van der Waals surface area contributed by atoms with Gasteiger partial charge in [0, 0.05) is 34.6 Å². The minimum atomic E-state index is -0.302. The minimum Gasteiger partial charge on any atom is -0.345 e. The summed E-state index contributed by atoms with van der Waals surface area (Å²) in [6, 6.07) is 20.1. The monoisotopic (exact) mass is 436 g/mol. The van der Waals surface area contributed by atoms with Crippen LogP contribution < -0.4 is 0 Å². The Bertz CT molecular complexity index is 999. The fourth-order valence-corrected chi connectivity index (χ4v) is 3.92. The highest BCUT2D eigenvalue weighted by Crippen LogP contribution is 2.22. The van der Waals surface area contributed by atoms with Crippen molar-refractivity contribution in [3.05, 3.63) is 94.3 Å². The van der Waals surface area contributed by atoms with Crippen molar-refractivity contribution in [1.29, 1.82) is 0 Å². The second-order valence-corrected chi connectivity index (χ2v) is 9.56. The van der Waals surface area contributed by atoms with Crippen molar-refractivity contribution in [2.45, 2.75) is 65.6 Å². The summed E-state index contributed by atoms with van der Waals surface area (Å²) in [6.45, 7) is 9.73. The van der Waals surface area contributed by atoms with Crippen LogP contribution in [-0.4, -0.2) is 20.9 Å². The normalized spacial score (nSPS) is 11.5. The summed E-state index contributed by atoms with van der Waals surface area (Å²) in [6.07, 6.45) is 5.47. The number of benzene rings is 2. The third-order valence-corrected chi connectivity index (χ3v) is 5.80. The zero-order chi connectivity index (χ0) is 22.4. The first-order valence-corrected chi connectivity index (χ1v) is 11.4. The molecule has 3 aromatic rings. The molecular weight excluding hydrogens is 404 g/mol. The van der Waals surface area contributed by atoms with E-state index in [1.54, 1.807) is 0 Å². The van der Waals surface area contributed by atoms with E-state index in [9.17, 15) is 4.79 Å². The summed E-state index contributed by atoms with van der Waals surface area (Å²) >= 11 is 6.16. The molecule has 4 heteroatoms. The van der Waals surface area contributed by atoms with Gasteiger partial charge in [-0.2, -0.15) is 0 Å². The van der Waals surface area contributed by atoms with Gasteiger partial charge >= 0.3 is 0 Å². The van der Waals surface area contributed by atoms with E-state index in [2.05, 4.69) is 62.7 Å². The van der Waals surface area contributed by atoms with Gasteiger partial charge in [0.25, 0.3) is 5.91 Å². The number of amides is 1. The van der Waals surface area contributed by atoms with E-state index in [-0.39, 0.29) is 11.4 Å². The number of unbranched alkanes of at least 4 members (excludes halogenated alkanes) is 1. The van der Waals surface area contributed by atoms with Gasteiger partial charge in [0.1, 0.15) is 0 Å². The van der Waals surface area contributed by atoms with E-state index >= 15 is 0 Å². The lowest BCUT2D eigenvalue weighted by atomic mass is 10.0. The Balaban J connectivity index is 1.80. The average Bonchev–Trinajstić information content (AvgIpc) is 3.16. The lowest BCUT2D eigenvalue weighted by molar-refractivity contribution is 0.0552. The molecule has 1 aromatic heterocycles. The molecule has 3 rings (SSSR count). The van der Waals surface area contributed by atoms with Crippen molar-refractivity contribution in [3.63, 3.8) is 0 Å². The van der Waals surface area contributed by atoms with E-state index in [0.29, 0.717) is 6.54 Å². The van der Waals surface area contributed by atoms with E-state index in [1.165, 1.54) is 18.4 Å². The first-order chi connectivity index (χ1) is 14.8. The highest BCUT2D eigenvalue weighted by atomic mass is 35.5. The highest BCUT2D eigenvalue weighted by Gasteiger charge is 2.28. The third-order valence-electron chi connectivity index (χ3n) is 5.56. The number of hydrogen-bond donors (Lipinski definition) is 0. The average molecular weight is 437 g/mol. The van der Waals surface area contributed by atoms with Crippen LogP contribution in [0.4, 0.5) is 0 Å². The maximum atomic E-state index is 13.5. The summed E-state index contributed by atoms with van der Waals surface area (Å²) in [4.78, 5) is 15.4. The molecule has 0 unspecified atom stereocenters. The fourth-order valence-electron chi connectivity index (χ4n) is 3.71. The van der Waals surface area contributed by atoms with Gasteiger partial charge in [-0.25, -0.2) is 0 Å². The molecule has 0 atom stereocenters. The number of rotatable bonds is 8.